The summed E-state index contributed by atoms with van der Waals surface area (Å²) in [5, 5.41) is 9.73. The molecule has 3 rings (SSSR count). The maximum atomic E-state index is 12.2. The zero-order chi connectivity index (χ0) is 22.8. The lowest BCUT2D eigenvalue weighted by atomic mass is 10.3. The quantitative estimate of drug-likeness (QED) is 0.526. The van der Waals surface area contributed by atoms with Gasteiger partial charge in [-0.2, -0.15) is 0 Å². The first-order valence-corrected chi connectivity index (χ1v) is 11.2. The minimum Gasteiger partial charge on any atom is -0.495 e. The molecule has 1 saturated heterocycles. The van der Waals surface area contributed by atoms with Gasteiger partial charge in [0.1, 0.15) is 11.5 Å². The van der Waals surface area contributed by atoms with Crippen molar-refractivity contribution in [3.8, 4) is 11.5 Å². The van der Waals surface area contributed by atoms with Gasteiger partial charge < -0.3 is 30.3 Å². The Balaban J connectivity index is 1.38. The van der Waals surface area contributed by atoms with Crippen molar-refractivity contribution < 1.29 is 14.3 Å². The zero-order valence-corrected chi connectivity index (χ0v) is 19.4. The zero-order valence-electron chi connectivity index (χ0n) is 18.6. The van der Waals surface area contributed by atoms with Gasteiger partial charge in [-0.1, -0.05) is 24.3 Å². The number of rotatable bonds is 8. The molecule has 1 heterocycles. The molecular formula is C23H31N5O3S. The van der Waals surface area contributed by atoms with E-state index in [4.69, 9.17) is 21.7 Å². The minimum absolute atomic E-state index is 0.244. The van der Waals surface area contributed by atoms with E-state index in [-0.39, 0.29) is 6.03 Å². The highest BCUT2D eigenvalue weighted by Crippen LogP contribution is 2.24. The van der Waals surface area contributed by atoms with Gasteiger partial charge in [-0.25, -0.2) is 4.79 Å². The van der Waals surface area contributed by atoms with Gasteiger partial charge in [0.25, 0.3) is 0 Å². The Morgan fingerprint density at radius 2 is 1.59 bits per heavy atom. The fourth-order valence-electron chi connectivity index (χ4n) is 3.46. The second-order valence-electron chi connectivity index (χ2n) is 7.27. The lowest BCUT2D eigenvalue weighted by Gasteiger charge is -2.36. The Morgan fingerprint density at radius 1 is 0.969 bits per heavy atom. The predicted molar refractivity (Wildman–Crippen MR) is 132 cm³/mol. The number of benzene rings is 2. The number of anilines is 2. The summed E-state index contributed by atoms with van der Waals surface area (Å²) in [6.45, 7) is 7.33. The average Bonchev–Trinajstić information content (AvgIpc) is 2.81. The molecular weight excluding hydrogens is 426 g/mol. The summed E-state index contributed by atoms with van der Waals surface area (Å²) >= 11 is 5.61. The lowest BCUT2D eigenvalue weighted by Crippen LogP contribution is -2.51. The third-order valence-corrected chi connectivity index (χ3v) is 5.52. The molecule has 0 spiro atoms. The molecule has 2 amide bonds. The molecule has 1 aliphatic heterocycles. The molecule has 172 valence electrons. The van der Waals surface area contributed by atoms with Crippen molar-refractivity contribution in [1.82, 2.24) is 15.1 Å². The summed E-state index contributed by atoms with van der Waals surface area (Å²) in [5.41, 5.74) is 1.53. The first kappa shape index (κ1) is 23.6. The number of piperazine rings is 1. The van der Waals surface area contributed by atoms with Crippen LogP contribution in [0.1, 0.15) is 6.92 Å². The Kier molecular flexibility index (Phi) is 8.94. The molecule has 1 aliphatic rings. The molecule has 32 heavy (non-hydrogen) atoms. The molecule has 0 atom stereocenters. The number of urea groups is 1. The van der Waals surface area contributed by atoms with Crippen LogP contribution in [0.3, 0.4) is 0 Å². The van der Waals surface area contributed by atoms with Crippen molar-refractivity contribution in [3.05, 3.63) is 48.5 Å². The first-order valence-electron chi connectivity index (χ1n) is 10.8. The standard InChI is InChI=1S/C23H31N5O3S/c1-3-31-21-11-7-5-9-19(21)26-23(32)28-16-14-27(15-17-28)13-12-24-22(29)25-18-8-4-6-10-20(18)30-2/h4-11H,3,12-17H2,1-2H3,(H,26,32)(H2,24,25,29). The number of nitrogens with zero attached hydrogens (tertiary/aromatic N) is 2. The van der Waals surface area contributed by atoms with Gasteiger partial charge in [-0.05, 0) is 43.4 Å². The topological polar surface area (TPSA) is 78.1 Å². The van der Waals surface area contributed by atoms with E-state index in [1.54, 1.807) is 13.2 Å². The smallest absolute Gasteiger partial charge is 0.319 e. The summed E-state index contributed by atoms with van der Waals surface area (Å²) in [7, 11) is 1.58. The molecule has 0 saturated carbocycles. The number of ether oxygens (including phenoxy) is 2. The highest BCUT2D eigenvalue weighted by molar-refractivity contribution is 7.80. The summed E-state index contributed by atoms with van der Waals surface area (Å²) in [6, 6.07) is 14.9. The van der Waals surface area contributed by atoms with Crippen LogP contribution in [0, 0.1) is 0 Å². The van der Waals surface area contributed by atoms with E-state index in [9.17, 15) is 4.79 Å². The monoisotopic (exact) mass is 457 g/mol. The van der Waals surface area contributed by atoms with Crippen LogP contribution in [0.4, 0.5) is 16.2 Å². The number of para-hydroxylation sites is 4. The molecule has 0 bridgehead atoms. The number of carbonyl (C=O) groups excluding carboxylic acids is 1. The van der Waals surface area contributed by atoms with Gasteiger partial charge >= 0.3 is 6.03 Å². The number of hydrogen-bond acceptors (Lipinski definition) is 5. The predicted octanol–water partition coefficient (Wildman–Crippen LogP) is 3.23. The number of methoxy groups -OCH3 is 1. The Morgan fingerprint density at radius 3 is 2.25 bits per heavy atom. The largest absolute Gasteiger partial charge is 0.495 e. The van der Waals surface area contributed by atoms with Gasteiger partial charge in [0.05, 0.1) is 25.1 Å². The average molecular weight is 458 g/mol. The van der Waals surface area contributed by atoms with E-state index < -0.39 is 0 Å². The molecule has 1 fully saturated rings. The highest BCUT2D eigenvalue weighted by atomic mass is 32.1. The maximum absolute atomic E-state index is 12.2. The summed E-state index contributed by atoms with van der Waals surface area (Å²) in [6.07, 6.45) is 0. The van der Waals surface area contributed by atoms with E-state index in [1.807, 2.05) is 49.4 Å². The number of nitrogens with one attached hydrogen (secondary N) is 3. The second kappa shape index (κ2) is 12.1. The van der Waals surface area contributed by atoms with Crippen LogP contribution in [0.15, 0.2) is 48.5 Å². The van der Waals surface area contributed by atoms with Crippen molar-refractivity contribution >= 4 is 34.7 Å². The van der Waals surface area contributed by atoms with Gasteiger partial charge in [-0.3, -0.25) is 4.90 Å². The van der Waals surface area contributed by atoms with Gasteiger partial charge in [0.15, 0.2) is 5.11 Å². The molecule has 0 aromatic heterocycles. The van der Waals surface area contributed by atoms with E-state index in [0.29, 0.717) is 29.7 Å². The van der Waals surface area contributed by atoms with Crippen molar-refractivity contribution in [3.63, 3.8) is 0 Å². The molecule has 2 aromatic rings. The van der Waals surface area contributed by atoms with Crippen molar-refractivity contribution in [1.29, 1.82) is 0 Å². The summed E-state index contributed by atoms with van der Waals surface area (Å²) in [5.74, 6) is 1.43. The van der Waals surface area contributed by atoms with Crippen LogP contribution in [0.25, 0.3) is 0 Å². The van der Waals surface area contributed by atoms with Crippen LogP contribution in [-0.2, 0) is 0 Å². The van der Waals surface area contributed by atoms with E-state index >= 15 is 0 Å². The third-order valence-electron chi connectivity index (χ3n) is 5.16. The number of amides is 2. The van der Waals surface area contributed by atoms with Crippen LogP contribution < -0.4 is 25.4 Å². The van der Waals surface area contributed by atoms with Crippen LogP contribution in [0.5, 0.6) is 11.5 Å². The number of hydrogen-bond donors (Lipinski definition) is 3. The maximum Gasteiger partial charge on any atom is 0.319 e. The van der Waals surface area contributed by atoms with Gasteiger partial charge in [-0.15, -0.1) is 0 Å². The molecule has 8 nitrogen and oxygen atoms in total. The molecule has 2 aromatic carbocycles. The van der Waals surface area contributed by atoms with E-state index in [2.05, 4.69) is 25.8 Å². The van der Waals surface area contributed by atoms with Crippen molar-refractivity contribution in [2.45, 2.75) is 6.92 Å². The van der Waals surface area contributed by atoms with E-state index in [1.165, 1.54) is 0 Å². The van der Waals surface area contributed by atoms with E-state index in [0.717, 1.165) is 44.2 Å². The van der Waals surface area contributed by atoms with Gasteiger partial charge in [0, 0.05) is 39.3 Å². The normalized spacial score (nSPS) is 13.9. The molecule has 9 heteroatoms. The van der Waals surface area contributed by atoms with Crippen molar-refractivity contribution in [2.24, 2.45) is 0 Å². The molecule has 0 aliphatic carbocycles. The highest BCUT2D eigenvalue weighted by Gasteiger charge is 2.19. The summed E-state index contributed by atoms with van der Waals surface area (Å²) in [4.78, 5) is 16.7. The fraction of sp³-hybridized carbons (Fsp3) is 0.391. The van der Waals surface area contributed by atoms with Crippen LogP contribution in [0.2, 0.25) is 0 Å². The third kappa shape index (κ3) is 6.73. The number of carbonyl (C=O) groups is 1. The number of thiocarbonyl (C=S) groups is 1. The van der Waals surface area contributed by atoms with Gasteiger partial charge in [0.2, 0.25) is 0 Å². The summed E-state index contributed by atoms with van der Waals surface area (Å²) < 4.78 is 10.9. The Bertz CT molecular complexity index is 903. The molecule has 0 radical (unpaired) electrons. The second-order valence-corrected chi connectivity index (χ2v) is 7.66. The van der Waals surface area contributed by atoms with Crippen LogP contribution >= 0.6 is 12.2 Å². The minimum atomic E-state index is -0.244. The lowest BCUT2D eigenvalue weighted by molar-refractivity contribution is 0.184. The Hall–Kier alpha value is -3.04. The first-order chi connectivity index (χ1) is 15.6. The molecule has 0 unspecified atom stereocenters. The fourth-order valence-corrected chi connectivity index (χ4v) is 3.75. The Labute approximate surface area is 194 Å². The van der Waals surface area contributed by atoms with Crippen LogP contribution in [-0.4, -0.2) is 73.9 Å². The molecule has 3 N–H and O–H groups in total. The van der Waals surface area contributed by atoms with Crippen molar-refractivity contribution in [2.75, 3.05) is 63.6 Å². The SMILES string of the molecule is CCOc1ccccc1NC(=S)N1CCN(CCNC(=O)Nc2ccccc2OC)CC1.